The van der Waals surface area contributed by atoms with Crippen molar-refractivity contribution in [3.63, 3.8) is 0 Å². The molecule has 1 saturated heterocycles. The summed E-state index contributed by atoms with van der Waals surface area (Å²) in [4.78, 5) is 35.4. The fraction of sp³-hybridized carbons (Fsp3) is 0.400. The number of nitrogens with one attached hydrogen (secondary N) is 2. The van der Waals surface area contributed by atoms with Gasteiger partial charge in [0.15, 0.2) is 17.5 Å². The normalized spacial score (nSPS) is 17.0. The number of hydrogen-bond acceptors (Lipinski definition) is 6. The van der Waals surface area contributed by atoms with Gasteiger partial charge in [0.25, 0.3) is 5.91 Å². The van der Waals surface area contributed by atoms with Gasteiger partial charge in [-0.15, -0.1) is 0 Å². The highest BCUT2D eigenvalue weighted by molar-refractivity contribution is 6.04. The molecule has 8 nitrogen and oxygen atoms in total. The highest BCUT2D eigenvalue weighted by Crippen LogP contribution is 2.28. The molecule has 2 aromatic rings. The molecule has 28 heavy (non-hydrogen) atoms. The van der Waals surface area contributed by atoms with E-state index in [-0.39, 0.29) is 18.4 Å². The Kier molecular flexibility index (Phi) is 5.48. The number of aromatic nitrogens is 2. The minimum Gasteiger partial charge on any atom is -0.381 e. The van der Waals surface area contributed by atoms with Crippen LogP contribution in [0.25, 0.3) is 0 Å². The monoisotopic (exact) mass is 381 g/mol. The van der Waals surface area contributed by atoms with Gasteiger partial charge in [-0.05, 0) is 37.3 Å². The first-order chi connectivity index (χ1) is 13.7. The maximum atomic E-state index is 12.5. The summed E-state index contributed by atoms with van der Waals surface area (Å²) >= 11 is 0. The van der Waals surface area contributed by atoms with Crippen LogP contribution < -0.4 is 15.5 Å². The predicted molar refractivity (Wildman–Crippen MR) is 105 cm³/mol. The van der Waals surface area contributed by atoms with E-state index >= 15 is 0 Å². The van der Waals surface area contributed by atoms with Crippen LogP contribution >= 0.6 is 0 Å². The minimum absolute atomic E-state index is 0.0413. The van der Waals surface area contributed by atoms with E-state index in [0.717, 1.165) is 32.5 Å². The number of amides is 2. The molecule has 2 aliphatic heterocycles. The van der Waals surface area contributed by atoms with Crippen molar-refractivity contribution in [2.45, 2.75) is 19.3 Å². The van der Waals surface area contributed by atoms with E-state index in [1.54, 1.807) is 29.2 Å². The van der Waals surface area contributed by atoms with Crippen molar-refractivity contribution < 1.29 is 14.3 Å². The molecular formula is C20H23N5O3. The summed E-state index contributed by atoms with van der Waals surface area (Å²) < 4.78 is 5.40. The van der Waals surface area contributed by atoms with Gasteiger partial charge in [0.1, 0.15) is 0 Å². The number of fused-ring (bicyclic) bond motifs is 1. The molecule has 0 aliphatic carbocycles. The van der Waals surface area contributed by atoms with Crippen LogP contribution in [0.4, 0.5) is 17.5 Å². The zero-order valence-corrected chi connectivity index (χ0v) is 15.6. The van der Waals surface area contributed by atoms with Crippen LogP contribution in [-0.2, 0) is 9.53 Å². The molecule has 1 aromatic carbocycles. The second kappa shape index (κ2) is 8.35. The average molecular weight is 381 g/mol. The van der Waals surface area contributed by atoms with Gasteiger partial charge in [-0.1, -0.05) is 18.2 Å². The third kappa shape index (κ3) is 4.12. The predicted octanol–water partition coefficient (Wildman–Crippen LogP) is 2.30. The first-order valence-corrected chi connectivity index (χ1v) is 9.56. The quantitative estimate of drug-likeness (QED) is 0.825. The second-order valence-electron chi connectivity index (χ2n) is 6.99. The summed E-state index contributed by atoms with van der Waals surface area (Å²) in [5, 5.41) is 5.75. The molecule has 4 rings (SSSR count). The Hall–Kier alpha value is -3.00. The Morgan fingerprint density at radius 3 is 2.82 bits per heavy atom. The Balaban J connectivity index is 1.49. The zero-order valence-electron chi connectivity index (χ0n) is 15.6. The van der Waals surface area contributed by atoms with Gasteiger partial charge in [0, 0.05) is 25.3 Å². The van der Waals surface area contributed by atoms with Crippen LogP contribution in [0.3, 0.4) is 0 Å². The van der Waals surface area contributed by atoms with Crippen molar-refractivity contribution in [3.8, 4) is 0 Å². The molecule has 1 aromatic heterocycles. The van der Waals surface area contributed by atoms with Crippen LogP contribution in [0.5, 0.6) is 0 Å². The van der Waals surface area contributed by atoms with Crippen molar-refractivity contribution in [2.75, 3.05) is 41.8 Å². The standard InChI is InChI=1S/C20H23N5O3/c26-17-13-22-18-19(25(17)9-6-14-7-10-28-11-8-14)23-16(12-21-18)24-20(27)15-4-2-1-3-5-15/h1-5,12,14H,6-11,13H2,(H,21,22)(H,23,24,27). The molecule has 2 N–H and O–H groups in total. The number of nitrogens with zero attached hydrogens (tertiary/aromatic N) is 3. The number of carbonyl (C=O) groups is 2. The van der Waals surface area contributed by atoms with Crippen molar-refractivity contribution in [3.05, 3.63) is 42.1 Å². The molecule has 0 bridgehead atoms. The molecule has 1 fully saturated rings. The Bertz CT molecular complexity index is 852. The SMILES string of the molecule is O=C(Nc1cnc2c(n1)N(CCC1CCOCC1)C(=O)CN2)c1ccccc1. The Morgan fingerprint density at radius 2 is 2.04 bits per heavy atom. The number of anilines is 3. The first kappa shape index (κ1) is 18.4. The molecule has 146 valence electrons. The van der Waals surface area contributed by atoms with Crippen molar-refractivity contribution in [1.29, 1.82) is 0 Å². The van der Waals surface area contributed by atoms with E-state index in [9.17, 15) is 9.59 Å². The molecular weight excluding hydrogens is 358 g/mol. The van der Waals surface area contributed by atoms with E-state index in [2.05, 4.69) is 20.6 Å². The maximum absolute atomic E-state index is 12.5. The van der Waals surface area contributed by atoms with Crippen LogP contribution in [-0.4, -0.2) is 48.1 Å². The number of carbonyl (C=O) groups excluding carboxylic acids is 2. The summed E-state index contributed by atoms with van der Waals surface area (Å²) in [6.45, 7) is 2.35. The van der Waals surface area contributed by atoms with Crippen LogP contribution in [0.2, 0.25) is 0 Å². The summed E-state index contributed by atoms with van der Waals surface area (Å²) in [6, 6.07) is 8.91. The molecule has 2 amide bonds. The topological polar surface area (TPSA) is 96.5 Å². The largest absolute Gasteiger partial charge is 0.381 e. The lowest BCUT2D eigenvalue weighted by Gasteiger charge is -2.30. The van der Waals surface area contributed by atoms with E-state index in [0.29, 0.717) is 35.5 Å². The van der Waals surface area contributed by atoms with Gasteiger partial charge >= 0.3 is 0 Å². The van der Waals surface area contributed by atoms with Crippen LogP contribution in [0.1, 0.15) is 29.6 Å². The molecule has 0 saturated carbocycles. The fourth-order valence-corrected chi connectivity index (χ4v) is 3.48. The Morgan fingerprint density at radius 1 is 1.25 bits per heavy atom. The third-order valence-corrected chi connectivity index (χ3v) is 5.10. The van der Waals surface area contributed by atoms with Gasteiger partial charge in [0.05, 0.1) is 12.7 Å². The van der Waals surface area contributed by atoms with E-state index in [1.807, 2.05) is 6.07 Å². The highest BCUT2D eigenvalue weighted by Gasteiger charge is 2.28. The van der Waals surface area contributed by atoms with E-state index < -0.39 is 0 Å². The smallest absolute Gasteiger partial charge is 0.256 e. The lowest BCUT2D eigenvalue weighted by Crippen LogP contribution is -2.42. The fourth-order valence-electron chi connectivity index (χ4n) is 3.48. The van der Waals surface area contributed by atoms with Crippen molar-refractivity contribution in [1.82, 2.24) is 9.97 Å². The highest BCUT2D eigenvalue weighted by atomic mass is 16.5. The maximum Gasteiger partial charge on any atom is 0.256 e. The lowest BCUT2D eigenvalue weighted by molar-refractivity contribution is -0.117. The average Bonchev–Trinajstić information content (AvgIpc) is 2.74. The van der Waals surface area contributed by atoms with Gasteiger partial charge in [-0.3, -0.25) is 14.5 Å². The molecule has 8 heteroatoms. The molecule has 0 spiro atoms. The van der Waals surface area contributed by atoms with E-state index in [4.69, 9.17) is 4.74 Å². The summed E-state index contributed by atoms with van der Waals surface area (Å²) in [7, 11) is 0. The van der Waals surface area contributed by atoms with Crippen LogP contribution in [0, 0.1) is 5.92 Å². The first-order valence-electron chi connectivity index (χ1n) is 9.56. The molecule has 3 heterocycles. The van der Waals surface area contributed by atoms with Crippen molar-refractivity contribution >= 4 is 29.3 Å². The molecule has 0 atom stereocenters. The summed E-state index contributed by atoms with van der Waals surface area (Å²) in [6.07, 6.45) is 4.44. The van der Waals surface area contributed by atoms with Crippen LogP contribution in [0.15, 0.2) is 36.5 Å². The van der Waals surface area contributed by atoms with Gasteiger partial charge in [0.2, 0.25) is 5.91 Å². The lowest BCUT2D eigenvalue weighted by atomic mass is 9.96. The number of ether oxygens (including phenoxy) is 1. The van der Waals surface area contributed by atoms with E-state index in [1.165, 1.54) is 6.20 Å². The minimum atomic E-state index is -0.265. The van der Waals surface area contributed by atoms with Gasteiger partial charge in [-0.25, -0.2) is 9.97 Å². The summed E-state index contributed by atoms with van der Waals surface area (Å²) in [5.41, 5.74) is 0.535. The Labute approximate surface area is 163 Å². The molecule has 0 unspecified atom stereocenters. The third-order valence-electron chi connectivity index (χ3n) is 5.10. The number of hydrogen-bond donors (Lipinski definition) is 2. The second-order valence-corrected chi connectivity index (χ2v) is 6.99. The number of benzene rings is 1. The summed E-state index contributed by atoms with van der Waals surface area (Å²) in [5.74, 6) is 1.59. The molecule has 2 aliphatic rings. The molecule has 0 radical (unpaired) electrons. The van der Waals surface area contributed by atoms with Gasteiger partial charge in [-0.2, -0.15) is 0 Å². The zero-order chi connectivity index (χ0) is 19.3. The van der Waals surface area contributed by atoms with Gasteiger partial charge < -0.3 is 15.4 Å². The van der Waals surface area contributed by atoms with Crippen molar-refractivity contribution in [2.24, 2.45) is 5.92 Å². The number of rotatable bonds is 5.